The Balaban J connectivity index is 3.07. The molecule has 0 aromatic heterocycles. The van der Waals surface area contributed by atoms with Crippen LogP contribution in [0.25, 0.3) is 0 Å². The van der Waals surface area contributed by atoms with E-state index >= 15 is 0 Å². The summed E-state index contributed by atoms with van der Waals surface area (Å²) in [6.45, 7) is 7.47. The first kappa shape index (κ1) is 18.4. The van der Waals surface area contributed by atoms with E-state index in [-0.39, 0.29) is 5.97 Å². The number of carbonyl (C=O) groups excluding carboxylic acids is 1. The minimum Gasteiger partial charge on any atom is -0.466 e. The van der Waals surface area contributed by atoms with E-state index in [9.17, 15) is 4.79 Å². The second-order valence-electron chi connectivity index (χ2n) is 4.61. The predicted molar refractivity (Wildman–Crippen MR) is 76.3 cm³/mol. The molecule has 19 heavy (non-hydrogen) atoms. The first-order valence-corrected chi connectivity index (χ1v) is 7.62. The maximum absolute atomic E-state index is 11.3. The van der Waals surface area contributed by atoms with E-state index in [4.69, 9.17) is 14.2 Å². The highest BCUT2D eigenvalue weighted by molar-refractivity contribution is 5.69. The number of hydrogen-bond donors (Lipinski definition) is 0. The number of hydrogen-bond acceptors (Lipinski definition) is 4. The van der Waals surface area contributed by atoms with Crippen LogP contribution in [0.4, 0.5) is 0 Å². The van der Waals surface area contributed by atoms with Crippen molar-refractivity contribution in [3.8, 4) is 0 Å². The van der Waals surface area contributed by atoms with Crippen LogP contribution in [0, 0.1) is 0 Å². The van der Waals surface area contributed by atoms with Gasteiger partial charge in [-0.1, -0.05) is 33.1 Å². The molecule has 0 amide bonds. The minimum absolute atomic E-state index is 0.118. The summed E-state index contributed by atoms with van der Waals surface area (Å²) in [6, 6.07) is 0. The van der Waals surface area contributed by atoms with E-state index in [1.54, 1.807) is 0 Å². The van der Waals surface area contributed by atoms with Crippen LogP contribution in [-0.2, 0) is 19.0 Å². The first-order chi connectivity index (χ1) is 9.31. The van der Waals surface area contributed by atoms with Gasteiger partial charge < -0.3 is 14.2 Å². The van der Waals surface area contributed by atoms with Gasteiger partial charge in [-0.2, -0.15) is 0 Å². The molecule has 0 saturated heterocycles. The number of carbonyl (C=O) groups is 1. The molecule has 4 nitrogen and oxygen atoms in total. The summed E-state index contributed by atoms with van der Waals surface area (Å²) in [4.78, 5) is 11.3. The zero-order chi connectivity index (χ0) is 14.2. The topological polar surface area (TPSA) is 44.8 Å². The lowest BCUT2D eigenvalue weighted by atomic mass is 10.3. The molecule has 0 aliphatic heterocycles. The molecule has 0 spiro atoms. The van der Waals surface area contributed by atoms with Gasteiger partial charge in [0.15, 0.2) is 0 Å². The fourth-order valence-corrected chi connectivity index (χ4v) is 1.50. The van der Waals surface area contributed by atoms with Crippen LogP contribution < -0.4 is 0 Å². The lowest BCUT2D eigenvalue weighted by molar-refractivity contribution is -0.144. The lowest BCUT2D eigenvalue weighted by Crippen LogP contribution is -2.09. The molecule has 0 fully saturated rings. The molecule has 0 bridgehead atoms. The molecule has 4 heteroatoms. The molecule has 0 aromatic rings. The summed E-state index contributed by atoms with van der Waals surface area (Å²) >= 11 is 0. The van der Waals surface area contributed by atoms with Crippen LogP contribution in [0.15, 0.2) is 0 Å². The van der Waals surface area contributed by atoms with Gasteiger partial charge in [-0.05, 0) is 19.3 Å². The molecule has 0 atom stereocenters. The maximum atomic E-state index is 11.3. The standard InChI is InChI=1S/C15H30O4/c1-3-5-7-10-17-13-14-18-11-8-9-15(16)19-12-6-4-2/h3-14H2,1-2H3. The first-order valence-electron chi connectivity index (χ1n) is 7.62. The van der Waals surface area contributed by atoms with Crippen molar-refractivity contribution in [2.75, 3.05) is 33.0 Å². The Morgan fingerprint density at radius 3 is 2.00 bits per heavy atom. The Kier molecular flexibility index (Phi) is 15.0. The number of unbranched alkanes of at least 4 members (excludes halogenated alkanes) is 3. The van der Waals surface area contributed by atoms with Crippen LogP contribution in [0.5, 0.6) is 0 Å². The van der Waals surface area contributed by atoms with Gasteiger partial charge in [0.2, 0.25) is 0 Å². The highest BCUT2D eigenvalue weighted by Gasteiger charge is 2.01. The molecular weight excluding hydrogens is 244 g/mol. The highest BCUT2D eigenvalue weighted by Crippen LogP contribution is 1.97. The summed E-state index contributed by atoms with van der Waals surface area (Å²) in [7, 11) is 0. The van der Waals surface area contributed by atoms with Gasteiger partial charge in [-0.15, -0.1) is 0 Å². The Morgan fingerprint density at radius 1 is 0.737 bits per heavy atom. The van der Waals surface area contributed by atoms with Crippen molar-refractivity contribution in [1.82, 2.24) is 0 Å². The van der Waals surface area contributed by atoms with Crippen molar-refractivity contribution in [2.45, 2.75) is 58.8 Å². The van der Waals surface area contributed by atoms with Crippen molar-refractivity contribution in [2.24, 2.45) is 0 Å². The number of rotatable bonds is 14. The zero-order valence-corrected chi connectivity index (χ0v) is 12.6. The fraction of sp³-hybridized carbons (Fsp3) is 0.933. The summed E-state index contributed by atoms with van der Waals surface area (Å²) in [5.41, 5.74) is 0. The lowest BCUT2D eigenvalue weighted by Gasteiger charge is -2.06. The van der Waals surface area contributed by atoms with Crippen molar-refractivity contribution in [3.05, 3.63) is 0 Å². The van der Waals surface area contributed by atoms with E-state index in [1.807, 2.05) is 0 Å². The number of ether oxygens (including phenoxy) is 3. The summed E-state index contributed by atoms with van der Waals surface area (Å²) in [5, 5.41) is 0. The molecule has 0 N–H and O–H groups in total. The Labute approximate surface area is 117 Å². The minimum atomic E-state index is -0.118. The molecule has 0 rings (SSSR count). The van der Waals surface area contributed by atoms with E-state index in [0.717, 1.165) is 32.3 Å². The van der Waals surface area contributed by atoms with Crippen molar-refractivity contribution in [3.63, 3.8) is 0 Å². The molecule has 0 heterocycles. The molecule has 0 aliphatic rings. The SMILES string of the molecule is CCCCCOCCOCCCC(=O)OCCCC. The van der Waals surface area contributed by atoms with Gasteiger partial charge in [0, 0.05) is 19.6 Å². The Hall–Kier alpha value is -0.610. The fourth-order valence-electron chi connectivity index (χ4n) is 1.50. The van der Waals surface area contributed by atoms with Crippen molar-refractivity contribution in [1.29, 1.82) is 0 Å². The molecule has 114 valence electrons. The van der Waals surface area contributed by atoms with Crippen LogP contribution in [0.2, 0.25) is 0 Å². The van der Waals surface area contributed by atoms with Crippen LogP contribution >= 0.6 is 0 Å². The Bertz CT molecular complexity index is 195. The van der Waals surface area contributed by atoms with E-state index < -0.39 is 0 Å². The van der Waals surface area contributed by atoms with Crippen molar-refractivity contribution >= 4 is 5.97 Å². The third kappa shape index (κ3) is 15.3. The summed E-state index contributed by atoms with van der Waals surface area (Å²) < 4.78 is 15.8. The van der Waals surface area contributed by atoms with Crippen LogP contribution in [-0.4, -0.2) is 39.0 Å². The summed E-state index contributed by atoms with van der Waals surface area (Å²) in [5.74, 6) is -0.118. The Morgan fingerprint density at radius 2 is 1.37 bits per heavy atom. The highest BCUT2D eigenvalue weighted by atomic mass is 16.5. The molecule has 0 aromatic carbocycles. The van der Waals surface area contributed by atoms with E-state index in [1.165, 1.54) is 12.8 Å². The second-order valence-corrected chi connectivity index (χ2v) is 4.61. The monoisotopic (exact) mass is 274 g/mol. The zero-order valence-electron chi connectivity index (χ0n) is 12.6. The molecule has 0 aliphatic carbocycles. The number of esters is 1. The summed E-state index contributed by atoms with van der Waals surface area (Å²) in [6.07, 6.45) is 6.73. The third-order valence-electron chi connectivity index (χ3n) is 2.69. The molecular formula is C15H30O4. The van der Waals surface area contributed by atoms with Crippen molar-refractivity contribution < 1.29 is 19.0 Å². The molecule has 0 radical (unpaired) electrons. The van der Waals surface area contributed by atoms with Gasteiger partial charge >= 0.3 is 5.97 Å². The third-order valence-corrected chi connectivity index (χ3v) is 2.69. The molecule has 0 saturated carbocycles. The average molecular weight is 274 g/mol. The van der Waals surface area contributed by atoms with Gasteiger partial charge in [0.05, 0.1) is 19.8 Å². The van der Waals surface area contributed by atoms with E-state index in [2.05, 4.69) is 13.8 Å². The maximum Gasteiger partial charge on any atom is 0.305 e. The van der Waals surface area contributed by atoms with Gasteiger partial charge in [0.25, 0.3) is 0 Å². The molecule has 0 unspecified atom stereocenters. The average Bonchev–Trinajstić information content (AvgIpc) is 2.41. The second kappa shape index (κ2) is 15.4. The predicted octanol–water partition coefficient (Wildman–Crippen LogP) is 3.33. The van der Waals surface area contributed by atoms with Crippen LogP contribution in [0.3, 0.4) is 0 Å². The normalized spacial score (nSPS) is 10.6. The van der Waals surface area contributed by atoms with E-state index in [0.29, 0.717) is 32.8 Å². The van der Waals surface area contributed by atoms with Crippen LogP contribution in [0.1, 0.15) is 58.8 Å². The smallest absolute Gasteiger partial charge is 0.305 e. The van der Waals surface area contributed by atoms with Gasteiger partial charge in [0.1, 0.15) is 0 Å². The largest absolute Gasteiger partial charge is 0.466 e. The van der Waals surface area contributed by atoms with Gasteiger partial charge in [-0.25, -0.2) is 0 Å². The quantitative estimate of drug-likeness (QED) is 0.360. The van der Waals surface area contributed by atoms with Gasteiger partial charge in [-0.3, -0.25) is 4.79 Å².